The Kier molecular flexibility index (Phi) is 3.31. The second-order valence-corrected chi connectivity index (χ2v) is 5.73. The average molecular weight is 259 g/mol. The van der Waals surface area contributed by atoms with E-state index in [9.17, 15) is 4.79 Å². The van der Waals surface area contributed by atoms with Crippen molar-refractivity contribution >= 4 is 5.78 Å². The van der Waals surface area contributed by atoms with Crippen LogP contribution in [0.4, 0.5) is 0 Å². The summed E-state index contributed by atoms with van der Waals surface area (Å²) in [4.78, 5) is 14.2. The van der Waals surface area contributed by atoms with Crippen LogP contribution in [0.2, 0.25) is 0 Å². The molecule has 2 bridgehead atoms. The monoisotopic (exact) mass is 259 g/mol. The lowest BCUT2D eigenvalue weighted by atomic mass is 9.96. The minimum atomic E-state index is 0.386. The van der Waals surface area contributed by atoms with Crippen molar-refractivity contribution in [1.29, 1.82) is 0 Å². The third-order valence-corrected chi connectivity index (χ3v) is 4.65. The predicted octanol–water partition coefficient (Wildman–Crippen LogP) is 2.95. The number of nitrogens with zero attached hydrogens (tertiary/aromatic N) is 1. The van der Waals surface area contributed by atoms with E-state index in [-0.39, 0.29) is 0 Å². The summed E-state index contributed by atoms with van der Waals surface area (Å²) in [6.45, 7) is 2.25. The highest BCUT2D eigenvalue weighted by atomic mass is 16.5. The number of carbonyl (C=O) groups excluding carboxylic acids is 1. The van der Waals surface area contributed by atoms with Crippen LogP contribution in [-0.2, 0) is 4.79 Å². The van der Waals surface area contributed by atoms with Crippen LogP contribution in [0, 0.1) is 0 Å². The molecular formula is C16H21NO2. The molecule has 0 saturated carbocycles. The molecule has 3 unspecified atom stereocenters. The Hall–Kier alpha value is -1.35. The Labute approximate surface area is 114 Å². The van der Waals surface area contributed by atoms with E-state index in [2.05, 4.69) is 24.0 Å². The molecular weight excluding hydrogens is 238 g/mol. The van der Waals surface area contributed by atoms with Crippen molar-refractivity contribution < 1.29 is 9.53 Å². The molecule has 3 nitrogen and oxygen atoms in total. The summed E-state index contributed by atoms with van der Waals surface area (Å²) >= 11 is 0. The number of benzene rings is 1. The maximum absolute atomic E-state index is 11.7. The molecule has 0 N–H and O–H groups in total. The van der Waals surface area contributed by atoms with E-state index in [1.165, 1.54) is 18.4 Å². The smallest absolute Gasteiger partial charge is 0.136 e. The first-order chi connectivity index (χ1) is 9.19. The van der Waals surface area contributed by atoms with Crippen LogP contribution in [0.5, 0.6) is 5.75 Å². The summed E-state index contributed by atoms with van der Waals surface area (Å²) in [6, 6.07) is 9.62. The Balaban J connectivity index is 1.80. The predicted molar refractivity (Wildman–Crippen MR) is 74.3 cm³/mol. The molecule has 2 saturated heterocycles. The summed E-state index contributed by atoms with van der Waals surface area (Å²) in [5.74, 6) is 1.35. The maximum Gasteiger partial charge on any atom is 0.136 e. The summed E-state index contributed by atoms with van der Waals surface area (Å²) in [5.41, 5.74) is 1.31. The first-order valence-corrected chi connectivity index (χ1v) is 7.12. The van der Waals surface area contributed by atoms with Gasteiger partial charge in [0.1, 0.15) is 11.5 Å². The molecule has 0 aromatic heterocycles. The highest BCUT2D eigenvalue weighted by Gasteiger charge is 2.42. The van der Waals surface area contributed by atoms with Crippen LogP contribution in [0.3, 0.4) is 0 Å². The quantitative estimate of drug-likeness (QED) is 0.836. The van der Waals surface area contributed by atoms with E-state index in [1.807, 2.05) is 12.1 Å². The standard InChI is InChI=1S/C16H21NO2/c1-11(12-3-7-16(19-2)8-4-12)17-13-5-6-14(17)10-15(18)9-13/h3-4,7-8,11,13-14H,5-6,9-10H2,1-2H3. The first kappa shape index (κ1) is 12.7. The molecule has 2 heterocycles. The Morgan fingerprint density at radius 3 is 2.26 bits per heavy atom. The Morgan fingerprint density at radius 2 is 1.74 bits per heavy atom. The number of hydrogen-bond acceptors (Lipinski definition) is 3. The lowest BCUT2D eigenvalue weighted by Crippen LogP contribution is -2.44. The zero-order valence-corrected chi connectivity index (χ0v) is 11.6. The van der Waals surface area contributed by atoms with E-state index in [4.69, 9.17) is 4.74 Å². The van der Waals surface area contributed by atoms with Gasteiger partial charge in [0.15, 0.2) is 0 Å². The van der Waals surface area contributed by atoms with Crippen molar-refractivity contribution in [2.45, 2.75) is 50.7 Å². The van der Waals surface area contributed by atoms with Crippen LogP contribution >= 0.6 is 0 Å². The van der Waals surface area contributed by atoms with E-state index < -0.39 is 0 Å². The van der Waals surface area contributed by atoms with Gasteiger partial charge in [-0.1, -0.05) is 12.1 Å². The zero-order chi connectivity index (χ0) is 13.4. The van der Waals surface area contributed by atoms with Crippen LogP contribution in [0.25, 0.3) is 0 Å². The van der Waals surface area contributed by atoms with Crippen molar-refractivity contribution in [3.05, 3.63) is 29.8 Å². The van der Waals surface area contributed by atoms with Gasteiger partial charge in [-0.3, -0.25) is 9.69 Å². The number of rotatable bonds is 3. The van der Waals surface area contributed by atoms with Crippen LogP contribution in [0.15, 0.2) is 24.3 Å². The van der Waals surface area contributed by atoms with Gasteiger partial charge in [-0.25, -0.2) is 0 Å². The molecule has 102 valence electrons. The molecule has 0 amide bonds. The lowest BCUT2D eigenvalue weighted by molar-refractivity contribution is -0.124. The zero-order valence-electron chi connectivity index (χ0n) is 11.6. The van der Waals surface area contributed by atoms with Gasteiger partial charge >= 0.3 is 0 Å². The Bertz CT molecular complexity index is 452. The van der Waals surface area contributed by atoms with Gasteiger partial charge in [-0.05, 0) is 37.5 Å². The molecule has 0 radical (unpaired) electrons. The maximum atomic E-state index is 11.7. The number of Topliss-reactive ketones (excluding diaryl/α,β-unsaturated/α-hetero) is 1. The Morgan fingerprint density at radius 1 is 1.16 bits per heavy atom. The van der Waals surface area contributed by atoms with Gasteiger partial charge < -0.3 is 4.74 Å². The molecule has 0 spiro atoms. The van der Waals surface area contributed by atoms with Crippen LogP contribution < -0.4 is 4.74 Å². The third kappa shape index (κ3) is 2.27. The van der Waals surface area contributed by atoms with Gasteiger partial charge in [-0.15, -0.1) is 0 Å². The van der Waals surface area contributed by atoms with Gasteiger partial charge in [0.05, 0.1) is 7.11 Å². The molecule has 2 aliphatic rings. The van der Waals surface area contributed by atoms with E-state index in [1.54, 1.807) is 7.11 Å². The molecule has 0 aliphatic carbocycles. The van der Waals surface area contributed by atoms with Gasteiger partial charge in [0.25, 0.3) is 0 Å². The lowest BCUT2D eigenvalue weighted by Gasteiger charge is -2.38. The SMILES string of the molecule is COc1ccc(C(C)N2C3CCC2CC(=O)C3)cc1. The van der Waals surface area contributed by atoms with Crippen molar-refractivity contribution in [1.82, 2.24) is 4.90 Å². The molecule has 3 atom stereocenters. The van der Waals surface area contributed by atoms with Crippen molar-refractivity contribution in [3.8, 4) is 5.75 Å². The van der Waals surface area contributed by atoms with Crippen LogP contribution in [-0.4, -0.2) is 29.9 Å². The molecule has 1 aromatic rings. The minimum Gasteiger partial charge on any atom is -0.497 e. The average Bonchev–Trinajstić information content (AvgIpc) is 2.70. The third-order valence-electron chi connectivity index (χ3n) is 4.65. The molecule has 2 aliphatic heterocycles. The molecule has 3 heteroatoms. The minimum absolute atomic E-state index is 0.386. The number of ketones is 1. The second-order valence-electron chi connectivity index (χ2n) is 5.73. The highest BCUT2D eigenvalue weighted by Crippen LogP contribution is 2.40. The topological polar surface area (TPSA) is 29.5 Å². The molecule has 3 rings (SSSR count). The normalized spacial score (nSPS) is 28.4. The van der Waals surface area contributed by atoms with Gasteiger partial charge in [-0.2, -0.15) is 0 Å². The van der Waals surface area contributed by atoms with Gasteiger partial charge in [0.2, 0.25) is 0 Å². The van der Waals surface area contributed by atoms with Crippen LogP contribution in [0.1, 0.15) is 44.2 Å². The van der Waals surface area contributed by atoms with E-state index in [0.29, 0.717) is 23.9 Å². The largest absolute Gasteiger partial charge is 0.497 e. The van der Waals surface area contributed by atoms with E-state index in [0.717, 1.165) is 18.6 Å². The summed E-state index contributed by atoms with van der Waals surface area (Å²) < 4.78 is 5.20. The second kappa shape index (κ2) is 4.97. The highest BCUT2D eigenvalue weighted by molar-refractivity contribution is 5.81. The summed E-state index contributed by atoms with van der Waals surface area (Å²) in [5, 5.41) is 0. The molecule has 19 heavy (non-hydrogen) atoms. The number of carbonyl (C=O) groups is 1. The van der Waals surface area contributed by atoms with Crippen molar-refractivity contribution in [3.63, 3.8) is 0 Å². The summed E-state index contributed by atoms with van der Waals surface area (Å²) in [7, 11) is 1.69. The number of fused-ring (bicyclic) bond motifs is 2. The molecule has 2 fully saturated rings. The van der Waals surface area contributed by atoms with E-state index >= 15 is 0 Å². The van der Waals surface area contributed by atoms with Crippen molar-refractivity contribution in [2.75, 3.05) is 7.11 Å². The first-order valence-electron chi connectivity index (χ1n) is 7.12. The fourth-order valence-corrected chi connectivity index (χ4v) is 3.69. The number of methoxy groups -OCH3 is 1. The number of hydrogen-bond donors (Lipinski definition) is 0. The number of piperidine rings is 1. The number of ether oxygens (including phenoxy) is 1. The fraction of sp³-hybridized carbons (Fsp3) is 0.562. The van der Waals surface area contributed by atoms with Gasteiger partial charge in [0, 0.05) is 31.0 Å². The fourth-order valence-electron chi connectivity index (χ4n) is 3.69. The molecule has 1 aromatic carbocycles. The summed E-state index contributed by atoms with van der Waals surface area (Å²) in [6.07, 6.45) is 3.85. The van der Waals surface area contributed by atoms with Crippen molar-refractivity contribution in [2.24, 2.45) is 0 Å².